The van der Waals surface area contributed by atoms with Crippen LogP contribution in [0.1, 0.15) is 62.5 Å². The molecule has 0 aliphatic carbocycles. The number of amides is 7. The number of nitrogens with one attached hydrogen (secondary N) is 2. The summed E-state index contributed by atoms with van der Waals surface area (Å²) in [5.41, 5.74) is 8.93. The molecule has 5 aliphatic rings. The number of fused-ring (bicyclic) bond motifs is 1. The fourth-order valence-electron chi connectivity index (χ4n) is 8.16. The van der Waals surface area contributed by atoms with E-state index in [2.05, 4.69) is 30.3 Å². The average Bonchev–Trinajstić information content (AvgIpc) is 3.65. The van der Waals surface area contributed by atoms with Crippen molar-refractivity contribution in [2.24, 2.45) is 5.73 Å². The number of rotatable bonds is 9. The fraction of sp³-hybridized carbons (Fsp3) is 0.421. The van der Waals surface area contributed by atoms with Gasteiger partial charge < -0.3 is 30.7 Å². The van der Waals surface area contributed by atoms with Crippen LogP contribution in [0.5, 0.6) is 0 Å². The highest BCUT2D eigenvalue weighted by Crippen LogP contribution is 2.30. The summed E-state index contributed by atoms with van der Waals surface area (Å²) in [4.78, 5) is 95.8. The van der Waals surface area contributed by atoms with E-state index in [-0.39, 0.29) is 47.6 Å². The molecular weight excluding hydrogens is 706 g/mol. The summed E-state index contributed by atoms with van der Waals surface area (Å²) < 4.78 is 0. The van der Waals surface area contributed by atoms with Crippen LogP contribution in [0.2, 0.25) is 0 Å². The van der Waals surface area contributed by atoms with E-state index in [0.717, 1.165) is 67.4 Å². The number of imide groups is 2. The van der Waals surface area contributed by atoms with E-state index in [4.69, 9.17) is 10.7 Å². The van der Waals surface area contributed by atoms with Crippen LogP contribution in [0.15, 0.2) is 48.7 Å². The molecule has 0 bridgehead atoms. The lowest BCUT2D eigenvalue weighted by molar-refractivity contribution is -0.136. The van der Waals surface area contributed by atoms with Gasteiger partial charge in [0.25, 0.3) is 17.7 Å². The second kappa shape index (κ2) is 14.6. The molecule has 7 amide bonds. The molecule has 1 aromatic heterocycles. The summed E-state index contributed by atoms with van der Waals surface area (Å²) in [6.45, 7) is 6.50. The zero-order valence-corrected chi connectivity index (χ0v) is 30.6. The molecule has 2 atom stereocenters. The average molecular weight is 750 g/mol. The van der Waals surface area contributed by atoms with Crippen molar-refractivity contribution < 1.29 is 28.8 Å². The molecule has 0 spiro atoms. The van der Waals surface area contributed by atoms with Crippen LogP contribution in [0.3, 0.4) is 0 Å². The van der Waals surface area contributed by atoms with Gasteiger partial charge in [-0.1, -0.05) is 6.07 Å². The second-order valence-corrected chi connectivity index (χ2v) is 14.7. The molecule has 2 aromatic carbocycles. The Morgan fingerprint density at radius 3 is 2.36 bits per heavy atom. The van der Waals surface area contributed by atoms with Crippen LogP contribution in [0.25, 0.3) is 0 Å². The lowest BCUT2D eigenvalue weighted by Crippen LogP contribution is -2.54. The summed E-state index contributed by atoms with van der Waals surface area (Å²) in [5, 5.41) is 5.47. The van der Waals surface area contributed by atoms with Crippen molar-refractivity contribution in [1.29, 1.82) is 0 Å². The number of carbonyl (C=O) groups excluding carboxylic acids is 6. The lowest BCUT2D eigenvalue weighted by atomic mass is 10.0. The number of urea groups is 1. The molecule has 0 radical (unpaired) electrons. The maximum absolute atomic E-state index is 13.3. The Morgan fingerprint density at radius 1 is 0.891 bits per heavy atom. The summed E-state index contributed by atoms with van der Waals surface area (Å²) in [6.07, 6.45) is 3.58. The van der Waals surface area contributed by atoms with Gasteiger partial charge in [-0.2, -0.15) is 0 Å². The number of nitrogens with zero attached hydrogens (tertiary/aromatic N) is 8. The van der Waals surface area contributed by atoms with Crippen LogP contribution in [-0.4, -0.2) is 137 Å². The number of benzene rings is 2. The van der Waals surface area contributed by atoms with Crippen molar-refractivity contribution in [3.05, 3.63) is 71.0 Å². The topological polar surface area (TPSA) is 198 Å². The SMILES string of the molecule is CN1CCN([C@@H]2CCCN(c3cnc(C(N)=O)c(Nc4ccc(N5CCN(Cc6ccc7c(c6)C(=O)N(C6CCC(=O)NC6=O)C7=O)CC5)cc4)n3)C2)C1=O. The van der Waals surface area contributed by atoms with Crippen LogP contribution >= 0.6 is 0 Å². The third-order valence-electron chi connectivity index (χ3n) is 11.2. The highest BCUT2D eigenvalue weighted by Gasteiger charge is 2.44. The van der Waals surface area contributed by atoms with Gasteiger partial charge in [0.15, 0.2) is 11.5 Å². The van der Waals surface area contributed by atoms with Gasteiger partial charge in [-0.05, 0) is 61.2 Å². The fourth-order valence-corrected chi connectivity index (χ4v) is 8.16. The Bertz CT molecular complexity index is 2070. The number of piperidine rings is 2. The standard InChI is InChI=1S/C38H43N11O6/c1-44-13-18-48(38(44)55)26-3-2-12-47(22-26)30-20-40-32(33(39)51)34(42-30)41-24-5-7-25(8-6-24)46-16-14-45(15-17-46)21-23-4-9-27-28(19-23)37(54)49(36(27)53)29-10-11-31(50)43-35(29)52/h4-9,19-20,26,29H,2-3,10-18,21-22H2,1H3,(H2,39,51)(H,41,42)(H,43,50,52)/t26-,29?/m1/s1. The van der Waals surface area contributed by atoms with E-state index in [1.54, 1.807) is 23.2 Å². The molecule has 17 heteroatoms. The minimum absolute atomic E-state index is 0.0415. The summed E-state index contributed by atoms with van der Waals surface area (Å²) >= 11 is 0. The molecule has 8 rings (SSSR count). The largest absolute Gasteiger partial charge is 0.369 e. The van der Waals surface area contributed by atoms with Gasteiger partial charge in [-0.3, -0.25) is 39.1 Å². The molecule has 17 nitrogen and oxygen atoms in total. The summed E-state index contributed by atoms with van der Waals surface area (Å²) in [6, 6.07) is 12.2. The third kappa shape index (κ3) is 7.02. The first-order chi connectivity index (χ1) is 26.5. The lowest BCUT2D eigenvalue weighted by Gasteiger charge is -2.37. The zero-order valence-electron chi connectivity index (χ0n) is 30.6. The molecule has 55 heavy (non-hydrogen) atoms. The Kier molecular flexibility index (Phi) is 9.54. The maximum atomic E-state index is 13.3. The first-order valence-corrected chi connectivity index (χ1v) is 18.7. The van der Waals surface area contributed by atoms with Crippen molar-refractivity contribution >= 4 is 58.6 Å². The van der Waals surface area contributed by atoms with E-state index in [0.29, 0.717) is 32.0 Å². The number of nitrogens with two attached hydrogens (primary N) is 1. The van der Waals surface area contributed by atoms with Crippen molar-refractivity contribution in [3.63, 3.8) is 0 Å². The Balaban J connectivity index is 0.875. The predicted molar refractivity (Wildman–Crippen MR) is 201 cm³/mol. The molecule has 1 unspecified atom stereocenters. The second-order valence-electron chi connectivity index (χ2n) is 14.7. The first kappa shape index (κ1) is 35.9. The van der Waals surface area contributed by atoms with Crippen molar-refractivity contribution in [3.8, 4) is 0 Å². The van der Waals surface area contributed by atoms with Crippen LogP contribution in [0.4, 0.5) is 27.8 Å². The number of aromatic nitrogens is 2. The zero-order chi connectivity index (χ0) is 38.4. The minimum atomic E-state index is -0.992. The minimum Gasteiger partial charge on any atom is -0.369 e. The quantitative estimate of drug-likeness (QED) is 0.266. The maximum Gasteiger partial charge on any atom is 0.320 e. The Labute approximate surface area is 317 Å². The molecular formula is C38H43N11O6. The monoisotopic (exact) mass is 749 g/mol. The van der Waals surface area contributed by atoms with E-state index in [9.17, 15) is 28.8 Å². The molecule has 6 heterocycles. The number of hydrogen-bond acceptors (Lipinski definition) is 12. The number of primary amides is 1. The van der Waals surface area contributed by atoms with E-state index in [1.165, 1.54) is 0 Å². The van der Waals surface area contributed by atoms with Gasteiger partial charge in [0.2, 0.25) is 11.8 Å². The molecule has 3 aromatic rings. The van der Waals surface area contributed by atoms with E-state index < -0.39 is 35.6 Å². The van der Waals surface area contributed by atoms with E-state index >= 15 is 0 Å². The molecule has 4 fully saturated rings. The van der Waals surface area contributed by atoms with Crippen molar-refractivity contribution in [2.45, 2.75) is 44.3 Å². The van der Waals surface area contributed by atoms with Gasteiger partial charge in [0.05, 0.1) is 23.4 Å². The van der Waals surface area contributed by atoms with Gasteiger partial charge in [0, 0.05) is 83.7 Å². The normalized spacial score (nSPS) is 22.1. The summed E-state index contributed by atoms with van der Waals surface area (Å²) in [5.74, 6) is -1.86. The smallest absolute Gasteiger partial charge is 0.320 e. The van der Waals surface area contributed by atoms with Crippen molar-refractivity contribution in [2.75, 3.05) is 74.5 Å². The molecule has 4 saturated heterocycles. The van der Waals surface area contributed by atoms with Crippen LogP contribution in [-0.2, 0) is 16.1 Å². The Hall–Kier alpha value is -6.10. The third-order valence-corrected chi connectivity index (χ3v) is 11.2. The number of piperazine rings is 1. The number of hydrogen-bond donors (Lipinski definition) is 3. The summed E-state index contributed by atoms with van der Waals surface area (Å²) in [7, 11) is 1.82. The number of likely N-dealkylation sites (N-methyl/N-ethyl adjacent to an activating group) is 1. The number of carbonyl (C=O) groups is 6. The van der Waals surface area contributed by atoms with Crippen LogP contribution < -0.4 is 26.2 Å². The number of anilines is 4. The van der Waals surface area contributed by atoms with E-state index in [1.807, 2.05) is 42.3 Å². The van der Waals surface area contributed by atoms with Crippen molar-refractivity contribution in [1.82, 2.24) is 34.9 Å². The van der Waals surface area contributed by atoms with Gasteiger partial charge in [0.1, 0.15) is 11.9 Å². The molecule has 286 valence electrons. The first-order valence-electron chi connectivity index (χ1n) is 18.7. The molecule has 5 aliphatic heterocycles. The van der Waals surface area contributed by atoms with Crippen LogP contribution in [0, 0.1) is 0 Å². The molecule has 0 saturated carbocycles. The van der Waals surface area contributed by atoms with Gasteiger partial charge in [-0.25, -0.2) is 14.8 Å². The highest BCUT2D eigenvalue weighted by atomic mass is 16.2. The highest BCUT2D eigenvalue weighted by molar-refractivity contribution is 6.23. The van der Waals surface area contributed by atoms with Gasteiger partial charge >= 0.3 is 6.03 Å². The predicted octanol–water partition coefficient (Wildman–Crippen LogP) is 1.38. The molecule has 4 N–H and O–H groups in total. The van der Waals surface area contributed by atoms with Gasteiger partial charge in [-0.15, -0.1) is 0 Å². The Morgan fingerprint density at radius 2 is 1.65 bits per heavy atom.